The number of rotatable bonds is 4. The van der Waals surface area contributed by atoms with Crippen LogP contribution in [-0.2, 0) is 0 Å². The Labute approximate surface area is 134 Å². The minimum absolute atomic E-state index is 0.259. The number of nitrogens with one attached hydrogen (secondary N) is 2. The molecule has 2 fully saturated rings. The second-order valence-corrected chi connectivity index (χ2v) is 5.93. The summed E-state index contributed by atoms with van der Waals surface area (Å²) in [6.45, 7) is 3.83. The first-order valence-corrected chi connectivity index (χ1v) is 7.98. The molecule has 0 aromatic carbocycles. The summed E-state index contributed by atoms with van der Waals surface area (Å²) in [7, 11) is 0. The number of anilines is 2. The van der Waals surface area contributed by atoms with Gasteiger partial charge >= 0.3 is 0 Å². The van der Waals surface area contributed by atoms with E-state index in [0.717, 1.165) is 44.7 Å². The monoisotopic (exact) mass is 313 g/mol. The second kappa shape index (κ2) is 6.00. The van der Waals surface area contributed by atoms with Gasteiger partial charge in [0.2, 0.25) is 0 Å². The van der Waals surface area contributed by atoms with Crippen molar-refractivity contribution in [3.63, 3.8) is 0 Å². The fourth-order valence-electron chi connectivity index (χ4n) is 2.84. The Morgan fingerprint density at radius 1 is 1.30 bits per heavy atom. The molecule has 1 saturated heterocycles. The van der Waals surface area contributed by atoms with E-state index in [9.17, 15) is 4.79 Å². The number of piperazine rings is 1. The number of carbonyl (C=O) groups is 1. The molecule has 2 aromatic heterocycles. The Morgan fingerprint density at radius 3 is 2.91 bits per heavy atom. The van der Waals surface area contributed by atoms with Crippen LogP contribution in [0, 0.1) is 0 Å². The third-order valence-electron chi connectivity index (χ3n) is 4.23. The zero-order valence-electron chi connectivity index (χ0n) is 12.8. The molecule has 1 amide bonds. The number of carbonyl (C=O) groups excluding carboxylic acids is 1. The van der Waals surface area contributed by atoms with E-state index in [4.69, 9.17) is 4.42 Å². The predicted octanol–water partition coefficient (Wildman–Crippen LogP) is 1.61. The fraction of sp³-hybridized carbons (Fsp3) is 0.438. The van der Waals surface area contributed by atoms with Crippen molar-refractivity contribution in [1.29, 1.82) is 0 Å². The van der Waals surface area contributed by atoms with Gasteiger partial charge in [-0.15, -0.1) is 0 Å². The Morgan fingerprint density at radius 2 is 2.13 bits per heavy atom. The maximum atomic E-state index is 12.4. The summed E-state index contributed by atoms with van der Waals surface area (Å²) in [6.07, 6.45) is 5.18. The number of hydrogen-bond donors (Lipinski definition) is 2. The SMILES string of the molecule is O=C(Nc1cc(N2CCNCC2)ccn1)c1ncoc1C1CC1. The molecule has 0 atom stereocenters. The quantitative estimate of drug-likeness (QED) is 0.892. The van der Waals surface area contributed by atoms with Gasteiger partial charge in [0.25, 0.3) is 5.91 Å². The van der Waals surface area contributed by atoms with Gasteiger partial charge in [-0.1, -0.05) is 0 Å². The summed E-state index contributed by atoms with van der Waals surface area (Å²) in [4.78, 5) is 23.0. The van der Waals surface area contributed by atoms with Crippen molar-refractivity contribution in [2.24, 2.45) is 0 Å². The van der Waals surface area contributed by atoms with Crippen LogP contribution < -0.4 is 15.5 Å². The number of hydrogen-bond acceptors (Lipinski definition) is 6. The normalized spacial score (nSPS) is 18.0. The smallest absolute Gasteiger partial charge is 0.279 e. The molecule has 120 valence electrons. The van der Waals surface area contributed by atoms with E-state index in [1.54, 1.807) is 6.20 Å². The van der Waals surface area contributed by atoms with Gasteiger partial charge < -0.3 is 20.0 Å². The van der Waals surface area contributed by atoms with Crippen LogP contribution in [0.1, 0.15) is 35.0 Å². The Hall–Kier alpha value is -2.41. The highest BCUT2D eigenvalue weighted by atomic mass is 16.3. The molecule has 1 saturated carbocycles. The van der Waals surface area contributed by atoms with E-state index in [0.29, 0.717) is 23.2 Å². The highest BCUT2D eigenvalue weighted by Gasteiger charge is 2.32. The van der Waals surface area contributed by atoms with Crippen LogP contribution in [0.25, 0.3) is 0 Å². The summed E-state index contributed by atoms with van der Waals surface area (Å²) in [5.41, 5.74) is 1.45. The van der Waals surface area contributed by atoms with Gasteiger partial charge in [-0.2, -0.15) is 0 Å². The molecular weight excluding hydrogens is 294 g/mol. The molecular formula is C16H19N5O2. The molecule has 2 N–H and O–H groups in total. The molecule has 0 radical (unpaired) electrons. The van der Waals surface area contributed by atoms with E-state index in [-0.39, 0.29) is 5.91 Å². The average Bonchev–Trinajstić information content (AvgIpc) is 3.32. The van der Waals surface area contributed by atoms with Gasteiger partial charge in [-0.25, -0.2) is 9.97 Å². The molecule has 1 aliphatic heterocycles. The van der Waals surface area contributed by atoms with Gasteiger partial charge in [-0.3, -0.25) is 4.79 Å². The third-order valence-corrected chi connectivity index (χ3v) is 4.23. The van der Waals surface area contributed by atoms with Crippen molar-refractivity contribution < 1.29 is 9.21 Å². The van der Waals surface area contributed by atoms with Crippen molar-refractivity contribution in [2.75, 3.05) is 36.4 Å². The largest absolute Gasteiger partial charge is 0.447 e. The van der Waals surface area contributed by atoms with E-state index < -0.39 is 0 Å². The van der Waals surface area contributed by atoms with E-state index in [1.165, 1.54) is 6.39 Å². The van der Waals surface area contributed by atoms with Crippen molar-refractivity contribution in [3.05, 3.63) is 36.2 Å². The van der Waals surface area contributed by atoms with Crippen LogP contribution in [0.15, 0.2) is 29.1 Å². The third kappa shape index (κ3) is 3.05. The highest BCUT2D eigenvalue weighted by Crippen LogP contribution is 2.41. The summed E-state index contributed by atoms with van der Waals surface area (Å²) < 4.78 is 5.36. The lowest BCUT2D eigenvalue weighted by Crippen LogP contribution is -2.43. The first-order chi connectivity index (χ1) is 11.3. The molecule has 4 rings (SSSR count). The zero-order chi connectivity index (χ0) is 15.6. The van der Waals surface area contributed by atoms with E-state index >= 15 is 0 Å². The maximum absolute atomic E-state index is 12.4. The van der Waals surface area contributed by atoms with Gasteiger partial charge in [0.15, 0.2) is 12.1 Å². The molecule has 2 aromatic rings. The highest BCUT2D eigenvalue weighted by molar-refractivity contribution is 6.03. The Kier molecular flexibility index (Phi) is 3.70. The predicted molar refractivity (Wildman–Crippen MR) is 85.8 cm³/mol. The van der Waals surface area contributed by atoms with Gasteiger partial charge in [0.05, 0.1) is 0 Å². The lowest BCUT2D eigenvalue weighted by Gasteiger charge is -2.29. The van der Waals surface area contributed by atoms with Crippen LogP contribution in [0.4, 0.5) is 11.5 Å². The molecule has 7 nitrogen and oxygen atoms in total. The van der Waals surface area contributed by atoms with E-state index in [1.807, 2.05) is 12.1 Å². The van der Waals surface area contributed by atoms with Crippen molar-refractivity contribution in [1.82, 2.24) is 15.3 Å². The summed E-state index contributed by atoms with van der Waals surface area (Å²) >= 11 is 0. The first-order valence-electron chi connectivity index (χ1n) is 7.98. The number of aromatic nitrogens is 2. The Balaban J connectivity index is 1.49. The van der Waals surface area contributed by atoms with Crippen molar-refractivity contribution in [3.8, 4) is 0 Å². The average molecular weight is 313 g/mol. The van der Waals surface area contributed by atoms with E-state index in [2.05, 4.69) is 25.5 Å². The number of nitrogens with zero attached hydrogens (tertiary/aromatic N) is 3. The van der Waals surface area contributed by atoms with Crippen LogP contribution >= 0.6 is 0 Å². The van der Waals surface area contributed by atoms with Crippen LogP contribution in [0.5, 0.6) is 0 Å². The minimum atomic E-state index is -0.259. The molecule has 2 aliphatic rings. The summed E-state index contributed by atoms with van der Waals surface area (Å²) in [6, 6.07) is 3.87. The van der Waals surface area contributed by atoms with Gasteiger partial charge in [0.1, 0.15) is 11.6 Å². The van der Waals surface area contributed by atoms with Crippen molar-refractivity contribution in [2.45, 2.75) is 18.8 Å². The number of pyridine rings is 1. The van der Waals surface area contributed by atoms with Gasteiger partial charge in [0, 0.05) is 50.0 Å². The van der Waals surface area contributed by atoms with Gasteiger partial charge in [-0.05, 0) is 18.9 Å². The number of oxazole rings is 1. The molecule has 0 spiro atoms. The van der Waals surface area contributed by atoms with Crippen molar-refractivity contribution >= 4 is 17.4 Å². The molecule has 0 unspecified atom stereocenters. The molecule has 1 aliphatic carbocycles. The van der Waals surface area contributed by atoms with Crippen LogP contribution in [-0.4, -0.2) is 42.1 Å². The molecule has 3 heterocycles. The van der Waals surface area contributed by atoms with Crippen LogP contribution in [0.2, 0.25) is 0 Å². The molecule has 7 heteroatoms. The first kappa shape index (κ1) is 14.2. The lowest BCUT2D eigenvalue weighted by atomic mass is 10.2. The topological polar surface area (TPSA) is 83.3 Å². The lowest BCUT2D eigenvalue weighted by molar-refractivity contribution is 0.102. The maximum Gasteiger partial charge on any atom is 0.279 e. The molecule has 23 heavy (non-hydrogen) atoms. The second-order valence-electron chi connectivity index (χ2n) is 5.93. The Bertz CT molecular complexity index is 704. The minimum Gasteiger partial charge on any atom is -0.447 e. The summed E-state index contributed by atoms with van der Waals surface area (Å²) in [5.74, 6) is 1.32. The van der Waals surface area contributed by atoms with Crippen LogP contribution in [0.3, 0.4) is 0 Å². The fourth-order valence-corrected chi connectivity index (χ4v) is 2.84. The number of amides is 1. The molecule has 0 bridgehead atoms. The zero-order valence-corrected chi connectivity index (χ0v) is 12.8. The summed E-state index contributed by atoms with van der Waals surface area (Å²) in [5, 5.41) is 6.16. The standard InChI is InChI=1S/C16H19N5O2/c22-16(14-15(11-1-2-11)23-10-19-14)20-13-9-12(3-4-18-13)21-7-5-17-6-8-21/h3-4,9-11,17H,1-2,5-8H2,(H,18,20,22).